The summed E-state index contributed by atoms with van der Waals surface area (Å²) < 4.78 is 0. The van der Waals surface area contributed by atoms with E-state index in [0.29, 0.717) is 18.2 Å². The number of rotatable bonds is 4. The number of nitrogen functional groups attached to an aromatic ring is 1. The maximum atomic E-state index is 11.6. The molecule has 2 aromatic rings. The quantitative estimate of drug-likeness (QED) is 0.746. The maximum absolute atomic E-state index is 11.6. The number of anilines is 2. The molecule has 0 saturated carbocycles. The lowest BCUT2D eigenvalue weighted by Gasteiger charge is -2.11. The topological polar surface area (TPSA) is 83.8 Å². The van der Waals surface area contributed by atoms with Gasteiger partial charge in [0.2, 0.25) is 0 Å². The van der Waals surface area contributed by atoms with Crippen molar-refractivity contribution < 1.29 is 0 Å². The van der Waals surface area contributed by atoms with Crippen LogP contribution in [-0.4, -0.2) is 9.97 Å². The second kappa shape index (κ2) is 5.77. The molecule has 0 bridgehead atoms. The zero-order valence-corrected chi connectivity index (χ0v) is 12.0. The van der Waals surface area contributed by atoms with E-state index < -0.39 is 0 Å². The summed E-state index contributed by atoms with van der Waals surface area (Å²) in [5.41, 5.74) is 8.65. The summed E-state index contributed by atoms with van der Waals surface area (Å²) in [5, 5.41) is 3.18. The third-order valence-electron chi connectivity index (χ3n) is 3.25. The number of aromatic amines is 1. The second-order valence-electron chi connectivity index (χ2n) is 5.16. The Morgan fingerprint density at radius 3 is 2.85 bits per heavy atom. The molecule has 5 nitrogen and oxygen atoms in total. The van der Waals surface area contributed by atoms with Crippen LogP contribution in [0.5, 0.6) is 0 Å². The average Bonchev–Trinajstić information content (AvgIpc) is 2.40. The van der Waals surface area contributed by atoms with Gasteiger partial charge in [-0.1, -0.05) is 26.0 Å². The lowest BCUT2D eigenvalue weighted by atomic mass is 10.1. The predicted octanol–water partition coefficient (Wildman–Crippen LogP) is 2.40. The third kappa shape index (κ3) is 3.17. The number of hydrogen-bond donors (Lipinski definition) is 3. The summed E-state index contributed by atoms with van der Waals surface area (Å²) in [7, 11) is 0. The summed E-state index contributed by atoms with van der Waals surface area (Å²) >= 11 is 0. The Labute approximate surface area is 118 Å². The molecule has 4 N–H and O–H groups in total. The van der Waals surface area contributed by atoms with Gasteiger partial charge in [-0.05, 0) is 24.1 Å². The molecule has 20 heavy (non-hydrogen) atoms. The Morgan fingerprint density at radius 1 is 1.40 bits per heavy atom. The van der Waals surface area contributed by atoms with Crippen molar-refractivity contribution in [2.24, 2.45) is 0 Å². The van der Waals surface area contributed by atoms with Crippen molar-refractivity contribution in [3.05, 3.63) is 51.6 Å². The minimum atomic E-state index is -0.143. The molecule has 0 fully saturated rings. The Bertz CT molecular complexity index is 661. The molecule has 5 heteroatoms. The van der Waals surface area contributed by atoms with Crippen LogP contribution in [0.3, 0.4) is 0 Å². The van der Waals surface area contributed by atoms with Crippen LogP contribution >= 0.6 is 0 Å². The van der Waals surface area contributed by atoms with E-state index in [1.165, 1.54) is 6.07 Å². The van der Waals surface area contributed by atoms with Crippen molar-refractivity contribution >= 4 is 11.5 Å². The number of H-pyrrole nitrogens is 1. The van der Waals surface area contributed by atoms with E-state index in [4.69, 9.17) is 5.73 Å². The van der Waals surface area contributed by atoms with Crippen LogP contribution in [-0.2, 0) is 6.54 Å². The van der Waals surface area contributed by atoms with Gasteiger partial charge in [0.25, 0.3) is 5.56 Å². The van der Waals surface area contributed by atoms with Crippen molar-refractivity contribution in [2.45, 2.75) is 33.2 Å². The molecule has 106 valence electrons. The third-order valence-corrected chi connectivity index (χ3v) is 3.25. The maximum Gasteiger partial charge on any atom is 0.252 e. The van der Waals surface area contributed by atoms with E-state index in [1.807, 2.05) is 39.0 Å². The van der Waals surface area contributed by atoms with Gasteiger partial charge in [0, 0.05) is 24.2 Å². The molecule has 1 aromatic carbocycles. The molecule has 1 aromatic heterocycles. The van der Waals surface area contributed by atoms with Gasteiger partial charge in [-0.15, -0.1) is 0 Å². The molecule has 0 saturated heterocycles. The predicted molar refractivity (Wildman–Crippen MR) is 81.9 cm³/mol. The van der Waals surface area contributed by atoms with Gasteiger partial charge in [0.15, 0.2) is 0 Å². The first-order chi connectivity index (χ1) is 9.47. The zero-order chi connectivity index (χ0) is 14.7. The summed E-state index contributed by atoms with van der Waals surface area (Å²) in [6.07, 6.45) is 0. The van der Waals surface area contributed by atoms with Crippen molar-refractivity contribution in [3.63, 3.8) is 0 Å². The summed E-state index contributed by atoms with van der Waals surface area (Å²) in [5.74, 6) is 1.45. The number of hydrogen-bond acceptors (Lipinski definition) is 4. The Balaban J connectivity index is 2.19. The first kappa shape index (κ1) is 14.1. The molecular formula is C15H20N4O. The van der Waals surface area contributed by atoms with Crippen LogP contribution in [0.25, 0.3) is 0 Å². The minimum absolute atomic E-state index is 0.143. The fraction of sp³-hybridized carbons (Fsp3) is 0.333. The fourth-order valence-electron chi connectivity index (χ4n) is 1.92. The standard InChI is InChI=1S/C15H20N4O/c1-9(2)15-18-13(7-14(20)19-15)17-8-11-5-4-6-12(16)10(11)3/h4-7,9H,8,16H2,1-3H3,(H2,17,18,19,20). The monoisotopic (exact) mass is 272 g/mol. The molecule has 0 aliphatic rings. The summed E-state index contributed by atoms with van der Waals surface area (Å²) in [6.45, 7) is 6.55. The Kier molecular flexibility index (Phi) is 4.08. The summed E-state index contributed by atoms with van der Waals surface area (Å²) in [4.78, 5) is 18.7. The van der Waals surface area contributed by atoms with Crippen molar-refractivity contribution in [3.8, 4) is 0 Å². The summed E-state index contributed by atoms with van der Waals surface area (Å²) in [6, 6.07) is 7.27. The number of nitrogens with zero attached hydrogens (tertiary/aromatic N) is 1. The lowest BCUT2D eigenvalue weighted by Crippen LogP contribution is -2.14. The van der Waals surface area contributed by atoms with Gasteiger partial charge in [-0.2, -0.15) is 0 Å². The highest BCUT2D eigenvalue weighted by atomic mass is 16.1. The molecule has 0 spiro atoms. The number of nitrogens with one attached hydrogen (secondary N) is 2. The molecule has 0 unspecified atom stereocenters. The van der Waals surface area contributed by atoms with Crippen molar-refractivity contribution in [1.82, 2.24) is 9.97 Å². The first-order valence-electron chi connectivity index (χ1n) is 6.66. The van der Waals surface area contributed by atoms with Gasteiger partial charge in [-0.25, -0.2) is 4.98 Å². The van der Waals surface area contributed by atoms with Gasteiger partial charge in [-0.3, -0.25) is 4.79 Å². The lowest BCUT2D eigenvalue weighted by molar-refractivity contribution is 0.766. The van der Waals surface area contributed by atoms with Crippen LogP contribution in [0.4, 0.5) is 11.5 Å². The normalized spacial score (nSPS) is 10.8. The van der Waals surface area contributed by atoms with Crippen LogP contribution in [0.1, 0.15) is 36.7 Å². The molecule has 1 heterocycles. The Hall–Kier alpha value is -2.30. The van der Waals surface area contributed by atoms with E-state index >= 15 is 0 Å². The Morgan fingerprint density at radius 2 is 2.15 bits per heavy atom. The average molecular weight is 272 g/mol. The van der Waals surface area contributed by atoms with Crippen LogP contribution in [0.2, 0.25) is 0 Å². The molecule has 0 amide bonds. The smallest absolute Gasteiger partial charge is 0.252 e. The number of aromatic nitrogens is 2. The zero-order valence-electron chi connectivity index (χ0n) is 12.0. The molecule has 0 aliphatic heterocycles. The van der Waals surface area contributed by atoms with Crippen LogP contribution < -0.4 is 16.6 Å². The number of nitrogens with two attached hydrogens (primary N) is 1. The van der Waals surface area contributed by atoms with E-state index in [0.717, 1.165) is 16.8 Å². The molecule has 2 rings (SSSR count). The highest BCUT2D eigenvalue weighted by Crippen LogP contribution is 2.17. The molecule has 0 radical (unpaired) electrons. The van der Waals surface area contributed by atoms with Crippen molar-refractivity contribution in [2.75, 3.05) is 11.1 Å². The van der Waals surface area contributed by atoms with Gasteiger partial charge < -0.3 is 16.0 Å². The van der Waals surface area contributed by atoms with Crippen LogP contribution in [0.15, 0.2) is 29.1 Å². The molecule has 0 aliphatic carbocycles. The van der Waals surface area contributed by atoms with E-state index in [2.05, 4.69) is 15.3 Å². The molecular weight excluding hydrogens is 252 g/mol. The van der Waals surface area contributed by atoms with E-state index in [1.54, 1.807) is 0 Å². The number of benzene rings is 1. The van der Waals surface area contributed by atoms with Crippen LogP contribution in [0, 0.1) is 6.92 Å². The van der Waals surface area contributed by atoms with E-state index in [9.17, 15) is 4.79 Å². The first-order valence-corrected chi connectivity index (χ1v) is 6.66. The minimum Gasteiger partial charge on any atom is -0.399 e. The van der Waals surface area contributed by atoms with Gasteiger partial charge in [0.05, 0.1) is 0 Å². The fourth-order valence-corrected chi connectivity index (χ4v) is 1.92. The highest BCUT2D eigenvalue weighted by Gasteiger charge is 2.06. The highest BCUT2D eigenvalue weighted by molar-refractivity contribution is 5.51. The van der Waals surface area contributed by atoms with Gasteiger partial charge in [0.1, 0.15) is 11.6 Å². The largest absolute Gasteiger partial charge is 0.399 e. The second-order valence-corrected chi connectivity index (χ2v) is 5.16. The van der Waals surface area contributed by atoms with Crippen molar-refractivity contribution in [1.29, 1.82) is 0 Å². The SMILES string of the molecule is Cc1c(N)cccc1CNc1cc(=O)[nH]c(C(C)C)n1. The molecule has 0 atom stereocenters. The van der Waals surface area contributed by atoms with E-state index in [-0.39, 0.29) is 11.5 Å². The van der Waals surface area contributed by atoms with Gasteiger partial charge >= 0.3 is 0 Å².